The van der Waals surface area contributed by atoms with E-state index in [1.807, 2.05) is 30.3 Å². The van der Waals surface area contributed by atoms with Gasteiger partial charge in [0.25, 0.3) is 5.91 Å². The summed E-state index contributed by atoms with van der Waals surface area (Å²) in [5.74, 6) is -1.67. The molecule has 0 saturated carbocycles. The summed E-state index contributed by atoms with van der Waals surface area (Å²) in [6, 6.07) is 10.5. The van der Waals surface area contributed by atoms with Gasteiger partial charge in [0.15, 0.2) is 5.76 Å². The van der Waals surface area contributed by atoms with E-state index in [2.05, 4.69) is 0 Å². The van der Waals surface area contributed by atoms with Gasteiger partial charge in [-0.15, -0.1) is 0 Å². The molecule has 0 bridgehead atoms. The molecule has 0 saturated heterocycles. The SMILES string of the molecule is O=C(O)c1coc(C(=O)N(CCO)Cc2ccccc2)c1. The molecule has 1 heterocycles. The maximum absolute atomic E-state index is 12.3. The molecule has 0 aliphatic rings. The summed E-state index contributed by atoms with van der Waals surface area (Å²) in [6.45, 7) is 0.255. The highest BCUT2D eigenvalue weighted by Crippen LogP contribution is 2.13. The summed E-state index contributed by atoms with van der Waals surface area (Å²) in [5.41, 5.74) is 0.825. The molecule has 110 valence electrons. The number of carboxylic acids is 1. The number of aromatic carboxylic acids is 1. The summed E-state index contributed by atoms with van der Waals surface area (Å²) >= 11 is 0. The lowest BCUT2D eigenvalue weighted by molar-refractivity contribution is 0.0673. The lowest BCUT2D eigenvalue weighted by atomic mass is 10.2. The topological polar surface area (TPSA) is 91.0 Å². The second-order valence-electron chi connectivity index (χ2n) is 4.44. The first-order valence-electron chi connectivity index (χ1n) is 6.37. The molecule has 2 aromatic rings. The number of benzene rings is 1. The third kappa shape index (κ3) is 3.70. The number of carbonyl (C=O) groups is 2. The second kappa shape index (κ2) is 6.71. The van der Waals surface area contributed by atoms with Crippen molar-refractivity contribution in [2.45, 2.75) is 6.54 Å². The molecule has 0 unspecified atom stereocenters. The van der Waals surface area contributed by atoms with Crippen LogP contribution in [-0.2, 0) is 6.54 Å². The van der Waals surface area contributed by atoms with Crippen molar-refractivity contribution in [3.63, 3.8) is 0 Å². The van der Waals surface area contributed by atoms with E-state index in [4.69, 9.17) is 14.6 Å². The zero-order valence-corrected chi connectivity index (χ0v) is 11.2. The highest BCUT2D eigenvalue weighted by Gasteiger charge is 2.20. The molecule has 1 aromatic carbocycles. The minimum atomic E-state index is -1.16. The number of carboxylic acid groups (broad SMARTS) is 1. The van der Waals surface area contributed by atoms with Gasteiger partial charge in [0.05, 0.1) is 12.2 Å². The lowest BCUT2D eigenvalue weighted by Crippen LogP contribution is -2.32. The van der Waals surface area contributed by atoms with E-state index in [9.17, 15) is 9.59 Å². The lowest BCUT2D eigenvalue weighted by Gasteiger charge is -2.20. The van der Waals surface area contributed by atoms with Crippen LogP contribution in [-0.4, -0.2) is 40.1 Å². The van der Waals surface area contributed by atoms with E-state index >= 15 is 0 Å². The number of aliphatic hydroxyl groups excluding tert-OH is 1. The van der Waals surface area contributed by atoms with E-state index < -0.39 is 11.9 Å². The average molecular weight is 289 g/mol. The number of hydrogen-bond acceptors (Lipinski definition) is 4. The third-order valence-electron chi connectivity index (χ3n) is 2.93. The Hall–Kier alpha value is -2.60. The Labute approximate surface area is 121 Å². The predicted octanol–water partition coefficient (Wildman–Crippen LogP) is 1.61. The fourth-order valence-corrected chi connectivity index (χ4v) is 1.89. The van der Waals surface area contributed by atoms with Crippen LogP contribution in [0.25, 0.3) is 0 Å². The van der Waals surface area contributed by atoms with Crippen molar-refractivity contribution in [2.75, 3.05) is 13.2 Å². The molecule has 0 aliphatic heterocycles. The first kappa shape index (κ1) is 14.8. The summed E-state index contributed by atoms with van der Waals surface area (Å²) in [4.78, 5) is 24.5. The standard InChI is InChI=1S/C15H15NO5/c17-7-6-16(9-11-4-2-1-3-5-11)14(18)13-8-12(10-21-13)15(19)20/h1-5,8,10,17H,6-7,9H2,(H,19,20). The molecule has 0 fully saturated rings. The van der Waals surface area contributed by atoms with Crippen molar-refractivity contribution >= 4 is 11.9 Å². The molecular weight excluding hydrogens is 274 g/mol. The van der Waals surface area contributed by atoms with Gasteiger partial charge in [-0.2, -0.15) is 0 Å². The van der Waals surface area contributed by atoms with Gasteiger partial charge in [0.1, 0.15) is 6.26 Å². The highest BCUT2D eigenvalue weighted by atomic mass is 16.4. The van der Waals surface area contributed by atoms with Crippen molar-refractivity contribution in [3.8, 4) is 0 Å². The van der Waals surface area contributed by atoms with E-state index in [-0.39, 0.29) is 24.5 Å². The fraction of sp³-hybridized carbons (Fsp3) is 0.200. The van der Waals surface area contributed by atoms with Gasteiger partial charge in [-0.1, -0.05) is 30.3 Å². The third-order valence-corrected chi connectivity index (χ3v) is 2.93. The Morgan fingerprint density at radius 3 is 2.48 bits per heavy atom. The molecule has 0 spiro atoms. The number of hydrogen-bond donors (Lipinski definition) is 2. The highest BCUT2D eigenvalue weighted by molar-refractivity contribution is 5.95. The molecule has 21 heavy (non-hydrogen) atoms. The first-order chi connectivity index (χ1) is 10.1. The number of nitrogens with zero attached hydrogens (tertiary/aromatic N) is 1. The monoisotopic (exact) mass is 289 g/mol. The average Bonchev–Trinajstić information content (AvgIpc) is 2.97. The number of carbonyl (C=O) groups excluding carboxylic acids is 1. The smallest absolute Gasteiger partial charge is 0.338 e. The van der Waals surface area contributed by atoms with Crippen molar-refractivity contribution in [3.05, 3.63) is 59.5 Å². The Balaban J connectivity index is 2.16. The van der Waals surface area contributed by atoms with Gasteiger partial charge >= 0.3 is 5.97 Å². The zero-order valence-electron chi connectivity index (χ0n) is 11.2. The molecule has 6 heteroatoms. The van der Waals surface area contributed by atoms with E-state index in [0.29, 0.717) is 6.54 Å². The molecule has 2 rings (SSSR count). The second-order valence-corrected chi connectivity index (χ2v) is 4.44. The van der Waals surface area contributed by atoms with Gasteiger partial charge in [0.2, 0.25) is 0 Å². The van der Waals surface area contributed by atoms with Crippen molar-refractivity contribution in [1.82, 2.24) is 4.90 Å². The van der Waals surface area contributed by atoms with Crippen LogP contribution >= 0.6 is 0 Å². The molecule has 1 amide bonds. The first-order valence-corrected chi connectivity index (χ1v) is 6.37. The predicted molar refractivity (Wildman–Crippen MR) is 73.9 cm³/mol. The fourth-order valence-electron chi connectivity index (χ4n) is 1.89. The molecule has 0 atom stereocenters. The minimum Gasteiger partial charge on any atom is -0.478 e. The molecule has 2 N–H and O–H groups in total. The Morgan fingerprint density at radius 1 is 1.19 bits per heavy atom. The number of furan rings is 1. The Bertz CT molecular complexity index is 620. The van der Waals surface area contributed by atoms with Crippen LogP contribution in [0.3, 0.4) is 0 Å². The van der Waals surface area contributed by atoms with E-state index in [1.165, 1.54) is 11.0 Å². The van der Waals surface area contributed by atoms with Crippen LogP contribution in [0.15, 0.2) is 47.1 Å². The largest absolute Gasteiger partial charge is 0.478 e. The molecule has 0 radical (unpaired) electrons. The van der Waals surface area contributed by atoms with Crippen LogP contribution in [0.1, 0.15) is 26.5 Å². The molecule has 1 aromatic heterocycles. The van der Waals surface area contributed by atoms with Crippen LogP contribution in [0.4, 0.5) is 0 Å². The molecule has 6 nitrogen and oxygen atoms in total. The van der Waals surface area contributed by atoms with Gasteiger partial charge in [-0.3, -0.25) is 4.79 Å². The van der Waals surface area contributed by atoms with Crippen LogP contribution < -0.4 is 0 Å². The van der Waals surface area contributed by atoms with Crippen LogP contribution in [0.2, 0.25) is 0 Å². The van der Waals surface area contributed by atoms with Crippen LogP contribution in [0, 0.1) is 0 Å². The number of rotatable bonds is 6. The molecular formula is C15H15NO5. The summed E-state index contributed by atoms with van der Waals surface area (Å²) in [7, 11) is 0. The Morgan fingerprint density at radius 2 is 1.90 bits per heavy atom. The zero-order chi connectivity index (χ0) is 15.2. The summed E-state index contributed by atoms with van der Waals surface area (Å²) in [5, 5.41) is 17.9. The van der Waals surface area contributed by atoms with E-state index in [0.717, 1.165) is 11.8 Å². The van der Waals surface area contributed by atoms with Crippen LogP contribution in [0.5, 0.6) is 0 Å². The summed E-state index contributed by atoms with van der Waals surface area (Å²) < 4.78 is 5.00. The van der Waals surface area contributed by atoms with Gasteiger partial charge in [0, 0.05) is 19.2 Å². The quantitative estimate of drug-likeness (QED) is 0.843. The summed E-state index contributed by atoms with van der Waals surface area (Å²) in [6.07, 6.45) is 1.02. The van der Waals surface area contributed by atoms with E-state index in [1.54, 1.807) is 0 Å². The number of amides is 1. The van der Waals surface area contributed by atoms with Crippen molar-refractivity contribution in [1.29, 1.82) is 0 Å². The minimum absolute atomic E-state index is 0.0585. The van der Waals surface area contributed by atoms with Gasteiger partial charge in [-0.05, 0) is 5.56 Å². The molecule has 0 aliphatic carbocycles. The maximum Gasteiger partial charge on any atom is 0.338 e. The number of aliphatic hydroxyl groups is 1. The maximum atomic E-state index is 12.3. The normalized spacial score (nSPS) is 10.3. The van der Waals surface area contributed by atoms with Crippen molar-refractivity contribution < 1.29 is 24.2 Å². The Kier molecular flexibility index (Phi) is 4.73. The van der Waals surface area contributed by atoms with Gasteiger partial charge in [-0.25, -0.2) is 4.79 Å². The van der Waals surface area contributed by atoms with Gasteiger partial charge < -0.3 is 19.5 Å². The van der Waals surface area contributed by atoms with Crippen molar-refractivity contribution in [2.24, 2.45) is 0 Å².